The van der Waals surface area contributed by atoms with E-state index < -0.39 is 11.6 Å². The maximum Gasteiger partial charge on any atom is 0.127 e. The van der Waals surface area contributed by atoms with Gasteiger partial charge < -0.3 is 4.57 Å². The van der Waals surface area contributed by atoms with E-state index in [9.17, 15) is 8.78 Å². The maximum absolute atomic E-state index is 13.2. The van der Waals surface area contributed by atoms with E-state index in [1.807, 2.05) is 10.8 Å². The zero-order valence-electron chi connectivity index (χ0n) is 11.3. The summed E-state index contributed by atoms with van der Waals surface area (Å²) in [4.78, 5) is 4.28. The van der Waals surface area contributed by atoms with Crippen LogP contribution in [0.4, 0.5) is 8.78 Å². The molecule has 2 rings (SSSR count). The van der Waals surface area contributed by atoms with Crippen molar-refractivity contribution in [1.82, 2.24) is 15.0 Å². The van der Waals surface area contributed by atoms with E-state index in [0.29, 0.717) is 12.0 Å². The summed E-state index contributed by atoms with van der Waals surface area (Å²) in [5, 5.41) is 0. The summed E-state index contributed by atoms with van der Waals surface area (Å²) in [6, 6.07) is 3.17. The van der Waals surface area contributed by atoms with Crippen LogP contribution in [0.15, 0.2) is 30.6 Å². The summed E-state index contributed by atoms with van der Waals surface area (Å²) >= 11 is 0. The van der Waals surface area contributed by atoms with Gasteiger partial charge in [0.15, 0.2) is 0 Å². The fourth-order valence-electron chi connectivity index (χ4n) is 2.25. The van der Waals surface area contributed by atoms with Crippen LogP contribution in [0.2, 0.25) is 0 Å². The fourth-order valence-corrected chi connectivity index (χ4v) is 2.25. The van der Waals surface area contributed by atoms with Crippen LogP contribution in [0.1, 0.15) is 30.8 Å². The summed E-state index contributed by atoms with van der Waals surface area (Å²) < 4.78 is 28.4. The third-order valence-corrected chi connectivity index (χ3v) is 3.09. The van der Waals surface area contributed by atoms with Crippen molar-refractivity contribution >= 4 is 0 Å². The van der Waals surface area contributed by atoms with Gasteiger partial charge >= 0.3 is 0 Å². The summed E-state index contributed by atoms with van der Waals surface area (Å²) in [5.74, 6) is 5.14. The third-order valence-electron chi connectivity index (χ3n) is 3.09. The molecule has 1 unspecified atom stereocenters. The molecule has 0 aliphatic carbocycles. The number of aromatic nitrogens is 2. The molecular weight excluding hydrogens is 262 g/mol. The lowest BCUT2D eigenvalue weighted by molar-refractivity contribution is 0.485. The Labute approximate surface area is 116 Å². The van der Waals surface area contributed by atoms with Crippen molar-refractivity contribution in [3.63, 3.8) is 0 Å². The van der Waals surface area contributed by atoms with Gasteiger partial charge in [0.05, 0.1) is 6.04 Å². The van der Waals surface area contributed by atoms with E-state index in [4.69, 9.17) is 5.84 Å². The van der Waals surface area contributed by atoms with E-state index in [1.54, 1.807) is 6.20 Å². The predicted octanol–water partition coefficient (Wildman–Crippen LogP) is 2.32. The van der Waals surface area contributed by atoms with E-state index in [0.717, 1.165) is 24.9 Å². The molecule has 0 radical (unpaired) electrons. The highest BCUT2D eigenvalue weighted by molar-refractivity contribution is 5.20. The Kier molecular flexibility index (Phi) is 4.81. The van der Waals surface area contributed by atoms with Crippen molar-refractivity contribution in [3.8, 4) is 0 Å². The van der Waals surface area contributed by atoms with Gasteiger partial charge in [0.1, 0.15) is 17.5 Å². The number of nitrogens with zero attached hydrogens (tertiary/aromatic N) is 2. The maximum atomic E-state index is 13.2. The van der Waals surface area contributed by atoms with Gasteiger partial charge in [-0.05, 0) is 30.5 Å². The van der Waals surface area contributed by atoms with Crippen LogP contribution in [0.25, 0.3) is 0 Å². The van der Waals surface area contributed by atoms with E-state index >= 15 is 0 Å². The SMILES string of the molecule is CCCn1ccnc1C(Cc1cc(F)cc(F)c1)NN. The molecule has 4 nitrogen and oxygen atoms in total. The second kappa shape index (κ2) is 6.58. The second-order valence-corrected chi connectivity index (χ2v) is 4.68. The molecule has 1 atom stereocenters. The Bertz CT molecular complexity index is 548. The Morgan fingerprint density at radius 3 is 2.60 bits per heavy atom. The van der Waals surface area contributed by atoms with Crippen LogP contribution in [-0.2, 0) is 13.0 Å². The van der Waals surface area contributed by atoms with Crippen molar-refractivity contribution in [2.45, 2.75) is 32.4 Å². The largest absolute Gasteiger partial charge is 0.334 e. The van der Waals surface area contributed by atoms with Gasteiger partial charge in [0.25, 0.3) is 0 Å². The topological polar surface area (TPSA) is 55.9 Å². The van der Waals surface area contributed by atoms with Crippen LogP contribution in [-0.4, -0.2) is 9.55 Å². The zero-order valence-corrected chi connectivity index (χ0v) is 11.3. The molecule has 0 saturated heterocycles. The van der Waals surface area contributed by atoms with Crippen LogP contribution < -0.4 is 11.3 Å². The molecule has 2 aromatic rings. The normalized spacial score (nSPS) is 12.6. The van der Waals surface area contributed by atoms with Gasteiger partial charge in [0.2, 0.25) is 0 Å². The molecule has 1 heterocycles. The van der Waals surface area contributed by atoms with Gasteiger partial charge in [-0.2, -0.15) is 0 Å². The Morgan fingerprint density at radius 1 is 1.30 bits per heavy atom. The number of aryl methyl sites for hydroxylation is 1. The number of halogens is 2. The highest BCUT2D eigenvalue weighted by atomic mass is 19.1. The van der Waals surface area contributed by atoms with Crippen molar-refractivity contribution in [1.29, 1.82) is 0 Å². The first kappa shape index (κ1) is 14.6. The molecule has 1 aromatic heterocycles. The smallest absolute Gasteiger partial charge is 0.127 e. The number of nitrogens with one attached hydrogen (secondary N) is 1. The van der Waals surface area contributed by atoms with Crippen LogP contribution in [0, 0.1) is 11.6 Å². The Morgan fingerprint density at radius 2 is 2.00 bits per heavy atom. The van der Waals surface area contributed by atoms with Gasteiger partial charge in [-0.25, -0.2) is 19.2 Å². The molecular formula is C14H18F2N4. The number of hydrogen-bond donors (Lipinski definition) is 2. The standard InChI is InChI=1S/C14H18F2N4/c1-2-4-20-5-3-18-14(20)13(19-17)8-10-6-11(15)9-12(16)7-10/h3,5-7,9,13,19H,2,4,8,17H2,1H3. The van der Waals surface area contributed by atoms with Gasteiger partial charge in [0, 0.05) is 25.0 Å². The molecule has 0 saturated carbocycles. The van der Waals surface area contributed by atoms with Crippen LogP contribution in [0.5, 0.6) is 0 Å². The first-order valence-corrected chi connectivity index (χ1v) is 6.56. The lowest BCUT2D eigenvalue weighted by Gasteiger charge is -2.17. The number of nitrogens with two attached hydrogens (primary N) is 1. The van der Waals surface area contributed by atoms with Crippen LogP contribution >= 0.6 is 0 Å². The quantitative estimate of drug-likeness (QED) is 0.630. The number of hydrogen-bond acceptors (Lipinski definition) is 3. The predicted molar refractivity (Wildman–Crippen MR) is 72.6 cm³/mol. The molecule has 108 valence electrons. The average Bonchev–Trinajstić information content (AvgIpc) is 2.83. The first-order chi connectivity index (χ1) is 9.63. The third kappa shape index (κ3) is 3.40. The Balaban J connectivity index is 2.21. The van der Waals surface area contributed by atoms with E-state index in [1.165, 1.54) is 12.1 Å². The van der Waals surface area contributed by atoms with Gasteiger partial charge in [-0.15, -0.1) is 0 Å². The number of rotatable bonds is 6. The molecule has 0 aliphatic rings. The van der Waals surface area contributed by atoms with Crippen LogP contribution in [0.3, 0.4) is 0 Å². The summed E-state index contributed by atoms with van der Waals surface area (Å²) in [6.07, 6.45) is 4.90. The van der Waals surface area contributed by atoms with Crippen molar-refractivity contribution in [2.24, 2.45) is 5.84 Å². The van der Waals surface area contributed by atoms with Crippen molar-refractivity contribution in [3.05, 3.63) is 53.6 Å². The van der Waals surface area contributed by atoms with E-state index in [2.05, 4.69) is 17.3 Å². The Hall–Kier alpha value is -1.79. The highest BCUT2D eigenvalue weighted by Gasteiger charge is 2.16. The molecule has 0 spiro atoms. The molecule has 0 aliphatic heterocycles. The summed E-state index contributed by atoms with van der Waals surface area (Å²) in [5.41, 5.74) is 3.20. The first-order valence-electron chi connectivity index (χ1n) is 6.56. The monoisotopic (exact) mass is 280 g/mol. The van der Waals surface area contributed by atoms with Crippen molar-refractivity contribution < 1.29 is 8.78 Å². The zero-order chi connectivity index (χ0) is 14.5. The number of benzene rings is 1. The molecule has 3 N–H and O–H groups in total. The molecule has 6 heteroatoms. The number of imidazole rings is 1. The molecule has 0 bridgehead atoms. The molecule has 0 amide bonds. The lowest BCUT2D eigenvalue weighted by atomic mass is 10.1. The molecule has 20 heavy (non-hydrogen) atoms. The second-order valence-electron chi connectivity index (χ2n) is 4.68. The van der Waals surface area contributed by atoms with Gasteiger partial charge in [-0.3, -0.25) is 5.84 Å². The lowest BCUT2D eigenvalue weighted by Crippen LogP contribution is -2.32. The molecule has 1 aromatic carbocycles. The average molecular weight is 280 g/mol. The molecule has 0 fully saturated rings. The van der Waals surface area contributed by atoms with Gasteiger partial charge in [-0.1, -0.05) is 6.92 Å². The minimum absolute atomic E-state index is 0.294. The number of hydrazine groups is 1. The fraction of sp³-hybridized carbons (Fsp3) is 0.357. The minimum atomic E-state index is -0.590. The van der Waals surface area contributed by atoms with E-state index in [-0.39, 0.29) is 6.04 Å². The minimum Gasteiger partial charge on any atom is -0.334 e. The highest BCUT2D eigenvalue weighted by Crippen LogP contribution is 2.18. The summed E-state index contributed by atoms with van der Waals surface area (Å²) in [7, 11) is 0. The van der Waals surface area contributed by atoms with Crippen molar-refractivity contribution in [2.75, 3.05) is 0 Å². The summed E-state index contributed by atoms with van der Waals surface area (Å²) in [6.45, 7) is 2.89.